The molecule has 2 heterocycles. The van der Waals surface area contributed by atoms with E-state index in [1.54, 1.807) is 11.8 Å². The number of sulfone groups is 1. The van der Waals surface area contributed by atoms with Crippen molar-refractivity contribution in [1.29, 1.82) is 0 Å². The highest BCUT2D eigenvalue weighted by Gasteiger charge is 2.29. The highest BCUT2D eigenvalue weighted by atomic mass is 32.2. The molecule has 1 atom stereocenters. The van der Waals surface area contributed by atoms with E-state index in [2.05, 4.69) is 4.98 Å². The van der Waals surface area contributed by atoms with Crippen LogP contribution in [0, 0.1) is 6.92 Å². The molecule has 1 aromatic heterocycles. The molecule has 3 rings (SSSR count). The zero-order chi connectivity index (χ0) is 15.9. The zero-order valence-electron chi connectivity index (χ0n) is 12.8. The number of aromatic amines is 1. The van der Waals surface area contributed by atoms with Crippen LogP contribution in [0.1, 0.15) is 29.4 Å². The highest BCUT2D eigenvalue weighted by molar-refractivity contribution is 7.92. The van der Waals surface area contributed by atoms with Gasteiger partial charge >= 0.3 is 0 Å². The van der Waals surface area contributed by atoms with Gasteiger partial charge in [0, 0.05) is 24.0 Å². The van der Waals surface area contributed by atoms with E-state index in [1.807, 2.05) is 31.2 Å². The predicted octanol–water partition coefficient (Wildman–Crippen LogP) is 2.13. The lowest BCUT2D eigenvalue weighted by Gasteiger charge is -2.18. The lowest BCUT2D eigenvalue weighted by atomic mass is 10.2. The van der Waals surface area contributed by atoms with Crippen LogP contribution in [0.15, 0.2) is 24.3 Å². The van der Waals surface area contributed by atoms with Crippen molar-refractivity contribution in [1.82, 2.24) is 9.88 Å². The van der Waals surface area contributed by atoms with Crippen LogP contribution in [0.25, 0.3) is 10.9 Å². The number of amides is 1. The predicted molar refractivity (Wildman–Crippen MR) is 86.8 cm³/mol. The van der Waals surface area contributed by atoms with Gasteiger partial charge in [0.05, 0.1) is 11.0 Å². The fourth-order valence-electron chi connectivity index (χ4n) is 2.80. The number of hydrogen-bond donors (Lipinski definition) is 1. The van der Waals surface area contributed by atoms with E-state index in [-0.39, 0.29) is 23.5 Å². The first kappa shape index (κ1) is 15.1. The van der Waals surface area contributed by atoms with Crippen molar-refractivity contribution in [2.75, 3.05) is 18.8 Å². The number of carbonyl (C=O) groups excluding carboxylic acids is 1. The summed E-state index contributed by atoms with van der Waals surface area (Å²) >= 11 is 0. The second-order valence-electron chi connectivity index (χ2n) is 6.03. The van der Waals surface area contributed by atoms with E-state index in [1.165, 1.54) is 0 Å². The summed E-state index contributed by atoms with van der Waals surface area (Å²) in [5, 5.41) is 0.612. The van der Waals surface area contributed by atoms with Crippen LogP contribution in [0.4, 0.5) is 0 Å². The van der Waals surface area contributed by atoms with Crippen molar-refractivity contribution < 1.29 is 13.2 Å². The molecule has 1 fully saturated rings. The molecule has 1 aliphatic heterocycles. The Kier molecular flexibility index (Phi) is 3.72. The third-order valence-corrected chi connectivity index (χ3v) is 6.57. The molecule has 0 bridgehead atoms. The van der Waals surface area contributed by atoms with Crippen LogP contribution in [-0.2, 0) is 9.84 Å². The molecule has 0 saturated carbocycles. The third kappa shape index (κ3) is 2.75. The zero-order valence-corrected chi connectivity index (χ0v) is 13.6. The number of nitrogens with one attached hydrogen (secondary N) is 1. The smallest absolute Gasteiger partial charge is 0.270 e. The van der Waals surface area contributed by atoms with Gasteiger partial charge in [-0.25, -0.2) is 8.42 Å². The number of carbonyl (C=O) groups is 1. The topological polar surface area (TPSA) is 70.2 Å². The number of fused-ring (bicyclic) bond motifs is 1. The third-order valence-electron chi connectivity index (χ3n) is 4.36. The van der Waals surface area contributed by atoms with Gasteiger partial charge < -0.3 is 9.88 Å². The number of benzene rings is 1. The molecule has 1 unspecified atom stereocenters. The van der Waals surface area contributed by atoms with Crippen molar-refractivity contribution in [3.8, 4) is 0 Å². The Hall–Kier alpha value is -1.82. The van der Waals surface area contributed by atoms with Crippen LogP contribution in [0.3, 0.4) is 0 Å². The standard InChI is InChI=1S/C16H20N2O3S/c1-11-3-4-13-10-15(17-14(13)9-11)16(19)18-6-5-12(2)22(20,21)8-7-18/h3-4,9-10,12,17H,5-8H2,1-2H3. The molecule has 118 valence electrons. The Bertz CT molecular complexity index is 823. The summed E-state index contributed by atoms with van der Waals surface area (Å²) in [6, 6.07) is 7.82. The lowest BCUT2D eigenvalue weighted by Crippen LogP contribution is -2.33. The fourth-order valence-corrected chi connectivity index (χ4v) is 4.14. The number of aryl methyl sites for hydroxylation is 1. The van der Waals surface area contributed by atoms with Crippen molar-refractivity contribution in [3.63, 3.8) is 0 Å². The number of rotatable bonds is 1. The average Bonchev–Trinajstić information content (AvgIpc) is 2.83. The van der Waals surface area contributed by atoms with Crippen molar-refractivity contribution in [3.05, 3.63) is 35.5 Å². The monoisotopic (exact) mass is 320 g/mol. The SMILES string of the molecule is Cc1ccc2cc(C(=O)N3CCC(C)S(=O)(=O)CC3)[nH]c2c1. The van der Waals surface area contributed by atoms with Crippen LogP contribution >= 0.6 is 0 Å². The Morgan fingerprint density at radius 2 is 2.05 bits per heavy atom. The van der Waals surface area contributed by atoms with Crippen molar-refractivity contribution >= 4 is 26.6 Å². The largest absolute Gasteiger partial charge is 0.351 e. The molecule has 1 N–H and O–H groups in total. The van der Waals surface area contributed by atoms with Crippen molar-refractivity contribution in [2.24, 2.45) is 0 Å². The van der Waals surface area contributed by atoms with Gasteiger partial charge in [0.2, 0.25) is 0 Å². The van der Waals surface area contributed by atoms with Crippen LogP contribution < -0.4 is 0 Å². The Labute approximate surface area is 130 Å². The molecule has 1 amide bonds. The summed E-state index contributed by atoms with van der Waals surface area (Å²) in [5.41, 5.74) is 2.58. The molecule has 5 nitrogen and oxygen atoms in total. The molecule has 0 spiro atoms. The van der Waals surface area contributed by atoms with E-state index < -0.39 is 9.84 Å². The van der Waals surface area contributed by atoms with Crippen LogP contribution in [0.5, 0.6) is 0 Å². The highest BCUT2D eigenvalue weighted by Crippen LogP contribution is 2.20. The van der Waals surface area contributed by atoms with Gasteiger partial charge in [0.25, 0.3) is 5.91 Å². The van der Waals surface area contributed by atoms with Gasteiger partial charge in [-0.1, -0.05) is 12.1 Å². The summed E-state index contributed by atoms with van der Waals surface area (Å²) in [6.45, 7) is 4.46. The fraction of sp³-hybridized carbons (Fsp3) is 0.438. The minimum atomic E-state index is -3.08. The average molecular weight is 320 g/mol. The molecule has 1 aromatic carbocycles. The molecule has 1 saturated heterocycles. The first-order valence-corrected chi connectivity index (χ1v) is 9.18. The quantitative estimate of drug-likeness (QED) is 0.875. The maximum absolute atomic E-state index is 12.6. The molecular formula is C16H20N2O3S. The van der Waals surface area contributed by atoms with E-state index in [9.17, 15) is 13.2 Å². The van der Waals surface area contributed by atoms with E-state index in [0.29, 0.717) is 18.7 Å². The maximum atomic E-state index is 12.6. The number of H-pyrrole nitrogens is 1. The molecule has 0 radical (unpaired) electrons. The van der Waals surface area contributed by atoms with Gasteiger partial charge in [-0.05, 0) is 38.0 Å². The summed E-state index contributed by atoms with van der Waals surface area (Å²) < 4.78 is 23.9. The van der Waals surface area contributed by atoms with E-state index in [4.69, 9.17) is 0 Å². The molecule has 22 heavy (non-hydrogen) atoms. The molecular weight excluding hydrogens is 300 g/mol. The van der Waals surface area contributed by atoms with Gasteiger partial charge in [0.1, 0.15) is 5.69 Å². The molecule has 2 aromatic rings. The summed E-state index contributed by atoms with van der Waals surface area (Å²) in [5.74, 6) is -0.0858. The lowest BCUT2D eigenvalue weighted by molar-refractivity contribution is 0.0762. The number of nitrogens with zero attached hydrogens (tertiary/aromatic N) is 1. The van der Waals surface area contributed by atoms with Gasteiger partial charge in [0.15, 0.2) is 9.84 Å². The Balaban J connectivity index is 1.86. The van der Waals surface area contributed by atoms with Crippen molar-refractivity contribution in [2.45, 2.75) is 25.5 Å². The minimum absolute atomic E-state index is 0.0409. The van der Waals surface area contributed by atoms with Gasteiger partial charge in [-0.2, -0.15) is 0 Å². The van der Waals surface area contributed by atoms with Crippen LogP contribution in [-0.4, -0.2) is 48.3 Å². The summed E-state index contributed by atoms with van der Waals surface area (Å²) in [7, 11) is -3.08. The molecule has 1 aliphatic rings. The maximum Gasteiger partial charge on any atom is 0.270 e. The minimum Gasteiger partial charge on any atom is -0.351 e. The summed E-state index contributed by atoms with van der Waals surface area (Å²) in [4.78, 5) is 17.4. The summed E-state index contributed by atoms with van der Waals surface area (Å²) in [6.07, 6.45) is 0.493. The number of aromatic nitrogens is 1. The van der Waals surface area contributed by atoms with Gasteiger partial charge in [-0.3, -0.25) is 4.79 Å². The molecule has 0 aliphatic carbocycles. The van der Waals surface area contributed by atoms with Gasteiger partial charge in [-0.15, -0.1) is 0 Å². The second-order valence-corrected chi connectivity index (χ2v) is 8.57. The Morgan fingerprint density at radius 3 is 2.82 bits per heavy atom. The second kappa shape index (κ2) is 5.43. The van der Waals surface area contributed by atoms with Crippen LogP contribution in [0.2, 0.25) is 0 Å². The Morgan fingerprint density at radius 1 is 1.27 bits per heavy atom. The van der Waals surface area contributed by atoms with E-state index in [0.717, 1.165) is 16.5 Å². The first-order valence-electron chi connectivity index (χ1n) is 7.47. The normalized spacial score (nSPS) is 21.7. The first-order chi connectivity index (χ1) is 10.4. The molecule has 6 heteroatoms. The number of hydrogen-bond acceptors (Lipinski definition) is 3. The van der Waals surface area contributed by atoms with E-state index >= 15 is 0 Å².